The van der Waals surface area contributed by atoms with E-state index >= 15 is 0 Å². The fourth-order valence-electron chi connectivity index (χ4n) is 3.72. The number of hydrogen-bond donors (Lipinski definition) is 1. The van der Waals surface area contributed by atoms with Gasteiger partial charge in [-0.1, -0.05) is 24.3 Å². The van der Waals surface area contributed by atoms with E-state index in [0.717, 1.165) is 36.4 Å². The Bertz CT molecular complexity index is 1010. The van der Waals surface area contributed by atoms with Crippen LogP contribution in [-0.2, 0) is 16.1 Å². The molecule has 2 aromatic heterocycles. The third-order valence-electron chi connectivity index (χ3n) is 5.18. The average Bonchev–Trinajstić information content (AvgIpc) is 3.25. The molecule has 3 aromatic rings. The van der Waals surface area contributed by atoms with Crippen LogP contribution in [0.25, 0.3) is 0 Å². The first-order valence-electron chi connectivity index (χ1n) is 10.4. The molecule has 1 N–H and O–H groups in total. The molecule has 2 amide bonds. The molecule has 1 atom stereocenters. The van der Waals surface area contributed by atoms with Crippen LogP contribution in [0.15, 0.2) is 72.0 Å². The lowest BCUT2D eigenvalue weighted by atomic mass is 9.98. The predicted molar refractivity (Wildman–Crippen MR) is 121 cm³/mol. The summed E-state index contributed by atoms with van der Waals surface area (Å²) in [6.07, 6.45) is 8.04. The molecule has 0 unspecified atom stereocenters. The Balaban J connectivity index is 1.32. The molecule has 0 spiro atoms. The van der Waals surface area contributed by atoms with Gasteiger partial charge in [0.1, 0.15) is 6.54 Å². The highest BCUT2D eigenvalue weighted by Crippen LogP contribution is 2.29. The molecule has 160 valence electrons. The summed E-state index contributed by atoms with van der Waals surface area (Å²) in [6.45, 7) is 0.861. The van der Waals surface area contributed by atoms with Gasteiger partial charge in [-0.2, -0.15) is 5.10 Å². The largest absolute Gasteiger partial charge is 0.332 e. The Labute approximate surface area is 185 Å². The molecule has 1 fully saturated rings. The summed E-state index contributed by atoms with van der Waals surface area (Å²) in [6, 6.07) is 15.6. The Kier molecular flexibility index (Phi) is 6.99. The summed E-state index contributed by atoms with van der Waals surface area (Å²) in [5, 5.41) is 7.09. The van der Waals surface area contributed by atoms with E-state index in [0.29, 0.717) is 11.4 Å². The lowest BCUT2D eigenvalue weighted by Crippen LogP contribution is -2.40. The predicted octanol–water partition coefficient (Wildman–Crippen LogP) is 3.76. The van der Waals surface area contributed by atoms with Crippen molar-refractivity contribution in [2.75, 3.05) is 17.6 Å². The summed E-state index contributed by atoms with van der Waals surface area (Å²) < 4.78 is 1.58. The first-order valence-corrected chi connectivity index (χ1v) is 11.4. The SMILES string of the molecule is O=C(CSc1ccccc1)Nc1cnn(CC(=O)N2CCCC[C@H]2c2ccccn2)c1. The lowest BCUT2D eigenvalue weighted by molar-refractivity contribution is -0.136. The standard InChI is InChI=1S/C23H25N5O2S/c29-22(17-31-19-8-2-1-3-9-19)26-18-14-25-27(15-18)16-23(30)28-13-7-5-11-21(28)20-10-4-6-12-24-20/h1-4,6,8-10,12,14-15,21H,5,7,11,13,16-17H2,(H,26,29)/t21-/m0/s1. The number of nitrogens with zero attached hydrogens (tertiary/aromatic N) is 4. The van der Waals surface area contributed by atoms with E-state index in [1.165, 1.54) is 11.8 Å². The van der Waals surface area contributed by atoms with Crippen molar-refractivity contribution in [1.82, 2.24) is 19.7 Å². The van der Waals surface area contributed by atoms with Gasteiger partial charge in [0.15, 0.2) is 0 Å². The summed E-state index contributed by atoms with van der Waals surface area (Å²) >= 11 is 1.48. The number of carbonyl (C=O) groups excluding carboxylic acids is 2. The Hall–Kier alpha value is -3.13. The molecule has 0 aliphatic carbocycles. The number of amides is 2. The number of carbonyl (C=O) groups is 2. The van der Waals surface area contributed by atoms with Gasteiger partial charge in [0.05, 0.1) is 29.4 Å². The number of piperidine rings is 1. The van der Waals surface area contributed by atoms with E-state index in [-0.39, 0.29) is 24.4 Å². The van der Waals surface area contributed by atoms with Crippen LogP contribution in [0, 0.1) is 0 Å². The molecule has 3 heterocycles. The van der Waals surface area contributed by atoms with Gasteiger partial charge in [-0.15, -0.1) is 11.8 Å². The second-order valence-electron chi connectivity index (χ2n) is 7.43. The van der Waals surface area contributed by atoms with Crippen LogP contribution in [0.4, 0.5) is 5.69 Å². The van der Waals surface area contributed by atoms with Gasteiger partial charge in [0.25, 0.3) is 0 Å². The number of benzene rings is 1. The Morgan fingerprint density at radius 2 is 1.94 bits per heavy atom. The minimum Gasteiger partial charge on any atom is -0.332 e. The van der Waals surface area contributed by atoms with Gasteiger partial charge in [-0.3, -0.25) is 19.3 Å². The van der Waals surface area contributed by atoms with Crippen molar-refractivity contribution in [3.8, 4) is 0 Å². The van der Waals surface area contributed by atoms with Crippen molar-refractivity contribution in [3.05, 3.63) is 72.8 Å². The molecule has 8 heteroatoms. The fraction of sp³-hybridized carbons (Fsp3) is 0.304. The number of aromatic nitrogens is 3. The average molecular weight is 436 g/mol. The molecule has 7 nitrogen and oxygen atoms in total. The van der Waals surface area contributed by atoms with E-state index in [9.17, 15) is 9.59 Å². The summed E-state index contributed by atoms with van der Waals surface area (Å²) in [4.78, 5) is 32.6. The van der Waals surface area contributed by atoms with Crippen molar-refractivity contribution in [2.45, 2.75) is 36.7 Å². The number of rotatable bonds is 7. The van der Waals surface area contributed by atoms with Crippen LogP contribution in [-0.4, -0.2) is 43.8 Å². The van der Waals surface area contributed by atoms with Crippen molar-refractivity contribution >= 4 is 29.3 Å². The first-order chi connectivity index (χ1) is 15.2. The van der Waals surface area contributed by atoms with Gasteiger partial charge in [-0.05, 0) is 43.5 Å². The maximum absolute atomic E-state index is 13.0. The van der Waals surface area contributed by atoms with Crippen molar-refractivity contribution in [3.63, 3.8) is 0 Å². The molecule has 1 aromatic carbocycles. The normalized spacial score (nSPS) is 16.1. The molecule has 1 saturated heterocycles. The van der Waals surface area contributed by atoms with Gasteiger partial charge in [0, 0.05) is 23.8 Å². The Morgan fingerprint density at radius 1 is 1.10 bits per heavy atom. The molecule has 0 bridgehead atoms. The topological polar surface area (TPSA) is 80.1 Å². The third-order valence-corrected chi connectivity index (χ3v) is 6.19. The number of nitrogens with one attached hydrogen (secondary N) is 1. The number of anilines is 1. The zero-order valence-corrected chi connectivity index (χ0v) is 18.0. The quantitative estimate of drug-likeness (QED) is 0.572. The molecule has 0 saturated carbocycles. The lowest BCUT2D eigenvalue weighted by Gasteiger charge is -2.35. The molecule has 4 rings (SSSR count). The van der Waals surface area contributed by atoms with Crippen molar-refractivity contribution in [2.24, 2.45) is 0 Å². The molecule has 31 heavy (non-hydrogen) atoms. The van der Waals surface area contributed by atoms with E-state index in [4.69, 9.17) is 0 Å². The highest BCUT2D eigenvalue weighted by atomic mass is 32.2. The van der Waals surface area contributed by atoms with E-state index < -0.39 is 0 Å². The summed E-state index contributed by atoms with van der Waals surface area (Å²) in [5.74, 6) is 0.218. The monoisotopic (exact) mass is 435 g/mol. The minimum absolute atomic E-state index is 0.00666. The zero-order valence-electron chi connectivity index (χ0n) is 17.2. The summed E-state index contributed by atoms with van der Waals surface area (Å²) in [5.41, 5.74) is 1.52. The molecule has 1 aliphatic rings. The van der Waals surface area contributed by atoms with Crippen LogP contribution in [0.2, 0.25) is 0 Å². The second-order valence-corrected chi connectivity index (χ2v) is 8.48. The third kappa shape index (κ3) is 5.73. The van der Waals surface area contributed by atoms with Crippen LogP contribution in [0.5, 0.6) is 0 Å². The minimum atomic E-state index is -0.106. The summed E-state index contributed by atoms with van der Waals surface area (Å²) in [7, 11) is 0. The number of pyridine rings is 1. The van der Waals surface area contributed by atoms with E-state index in [2.05, 4.69) is 15.4 Å². The van der Waals surface area contributed by atoms with Crippen molar-refractivity contribution in [1.29, 1.82) is 0 Å². The molecule has 1 aliphatic heterocycles. The highest BCUT2D eigenvalue weighted by molar-refractivity contribution is 8.00. The van der Waals surface area contributed by atoms with E-state index in [1.54, 1.807) is 23.3 Å². The fourth-order valence-corrected chi connectivity index (χ4v) is 4.44. The number of likely N-dealkylation sites (tertiary alicyclic amines) is 1. The van der Waals surface area contributed by atoms with Gasteiger partial charge in [0.2, 0.25) is 11.8 Å². The van der Waals surface area contributed by atoms with E-state index in [1.807, 2.05) is 53.4 Å². The second kappa shape index (κ2) is 10.3. The smallest absolute Gasteiger partial charge is 0.244 e. The number of hydrogen-bond acceptors (Lipinski definition) is 5. The van der Waals surface area contributed by atoms with Gasteiger partial charge >= 0.3 is 0 Å². The van der Waals surface area contributed by atoms with Crippen LogP contribution in [0.1, 0.15) is 31.0 Å². The van der Waals surface area contributed by atoms with Crippen LogP contribution < -0.4 is 5.32 Å². The zero-order chi connectivity index (χ0) is 21.5. The maximum atomic E-state index is 13.0. The molecule has 0 radical (unpaired) electrons. The van der Waals surface area contributed by atoms with Crippen molar-refractivity contribution < 1.29 is 9.59 Å². The first kappa shape index (κ1) is 21.1. The van der Waals surface area contributed by atoms with Gasteiger partial charge in [-0.25, -0.2) is 0 Å². The molecular formula is C23H25N5O2S. The molecular weight excluding hydrogens is 410 g/mol. The van der Waals surface area contributed by atoms with Crippen LogP contribution in [0.3, 0.4) is 0 Å². The number of thioether (sulfide) groups is 1. The highest BCUT2D eigenvalue weighted by Gasteiger charge is 2.28. The van der Waals surface area contributed by atoms with Crippen LogP contribution >= 0.6 is 11.8 Å². The maximum Gasteiger partial charge on any atom is 0.244 e. The Morgan fingerprint density at radius 3 is 2.74 bits per heavy atom. The van der Waals surface area contributed by atoms with Gasteiger partial charge < -0.3 is 10.2 Å².